The Kier molecular flexibility index (Phi) is 4.14. The van der Waals surface area contributed by atoms with Crippen molar-refractivity contribution in [1.29, 1.82) is 0 Å². The van der Waals surface area contributed by atoms with E-state index < -0.39 is 11.9 Å². The number of primary amides is 1. The van der Waals surface area contributed by atoms with Crippen LogP contribution < -0.4 is 16.9 Å². The van der Waals surface area contributed by atoms with Crippen LogP contribution >= 0.6 is 0 Å². The van der Waals surface area contributed by atoms with E-state index in [0.29, 0.717) is 6.54 Å². The van der Waals surface area contributed by atoms with Crippen molar-refractivity contribution in [2.75, 3.05) is 19.6 Å². The number of piperidine rings is 1. The molecule has 1 rings (SSSR count). The molecule has 0 bridgehead atoms. The number of nitrogens with two attached hydrogens (primary N) is 2. The highest BCUT2D eigenvalue weighted by Gasteiger charge is 2.13. The van der Waals surface area contributed by atoms with E-state index in [1.807, 2.05) is 0 Å². The number of rotatable bonds is 4. The molecule has 0 saturated carbocycles. The van der Waals surface area contributed by atoms with Crippen LogP contribution in [0.25, 0.3) is 0 Å². The highest BCUT2D eigenvalue weighted by Crippen LogP contribution is 2.05. The van der Waals surface area contributed by atoms with Crippen LogP contribution in [0.3, 0.4) is 0 Å². The van der Waals surface area contributed by atoms with Gasteiger partial charge in [-0.3, -0.25) is 10.2 Å². The van der Waals surface area contributed by atoms with Gasteiger partial charge in [0.2, 0.25) is 5.91 Å². The maximum Gasteiger partial charge on any atom is 0.235 e. The van der Waals surface area contributed by atoms with Crippen molar-refractivity contribution in [3.8, 4) is 0 Å². The summed E-state index contributed by atoms with van der Waals surface area (Å²) in [6.07, 6.45) is 3.71. The maximum atomic E-state index is 10.6. The summed E-state index contributed by atoms with van der Waals surface area (Å²) in [4.78, 5) is 10.6. The molecule has 5 N–H and O–H groups in total. The number of hydrogen-bond donors (Lipinski definition) is 3. The zero-order valence-electron chi connectivity index (χ0n) is 7.83. The smallest absolute Gasteiger partial charge is 0.235 e. The summed E-state index contributed by atoms with van der Waals surface area (Å²) >= 11 is 0. The van der Waals surface area contributed by atoms with Gasteiger partial charge >= 0.3 is 0 Å². The summed E-state index contributed by atoms with van der Waals surface area (Å²) in [6, 6.07) is -0.582. The maximum absolute atomic E-state index is 10.6. The molecule has 1 fully saturated rings. The van der Waals surface area contributed by atoms with Crippen molar-refractivity contribution in [3.63, 3.8) is 0 Å². The summed E-state index contributed by atoms with van der Waals surface area (Å²) in [6.45, 7) is 2.51. The molecule has 1 heterocycles. The lowest BCUT2D eigenvalue weighted by Crippen LogP contribution is -2.50. The molecule has 1 amide bonds. The lowest BCUT2D eigenvalue weighted by Gasteiger charge is -2.27. The van der Waals surface area contributed by atoms with E-state index in [9.17, 15) is 4.79 Å². The van der Waals surface area contributed by atoms with Crippen LogP contribution in [0.5, 0.6) is 0 Å². The number of carbonyl (C=O) groups excluding carboxylic acids is 1. The molecular weight excluding hydrogens is 168 g/mol. The van der Waals surface area contributed by atoms with Crippen LogP contribution in [0.1, 0.15) is 19.3 Å². The summed E-state index contributed by atoms with van der Waals surface area (Å²) in [7, 11) is 0. The number of amides is 1. The fourth-order valence-corrected chi connectivity index (χ4v) is 1.38. The van der Waals surface area contributed by atoms with E-state index in [2.05, 4.69) is 10.4 Å². The lowest BCUT2D eigenvalue weighted by molar-refractivity contribution is -0.119. The number of carbonyl (C=O) groups is 1. The molecule has 0 radical (unpaired) electrons. The van der Waals surface area contributed by atoms with Gasteiger partial charge in [-0.2, -0.15) is 0 Å². The van der Waals surface area contributed by atoms with Gasteiger partial charge in [0, 0.05) is 19.6 Å². The molecule has 0 spiro atoms. The minimum absolute atomic E-state index is 0.440. The molecule has 1 unspecified atom stereocenters. The highest BCUT2D eigenvalue weighted by atomic mass is 16.1. The van der Waals surface area contributed by atoms with Gasteiger partial charge in [0.25, 0.3) is 0 Å². The summed E-state index contributed by atoms with van der Waals surface area (Å²) in [5, 5.41) is 2.10. The molecule has 0 aromatic heterocycles. The Hall–Kier alpha value is -0.650. The monoisotopic (exact) mass is 186 g/mol. The van der Waals surface area contributed by atoms with Gasteiger partial charge in [0.15, 0.2) is 0 Å². The fourth-order valence-electron chi connectivity index (χ4n) is 1.38. The predicted molar refractivity (Wildman–Crippen MR) is 50.6 cm³/mol. The van der Waals surface area contributed by atoms with Crippen LogP contribution in [0.15, 0.2) is 0 Å². The first-order chi connectivity index (χ1) is 6.20. The van der Waals surface area contributed by atoms with Gasteiger partial charge in [0.05, 0.1) is 6.04 Å². The van der Waals surface area contributed by atoms with Crippen molar-refractivity contribution in [3.05, 3.63) is 0 Å². The lowest BCUT2D eigenvalue weighted by atomic mass is 10.2. The Morgan fingerprint density at radius 3 is 2.54 bits per heavy atom. The first-order valence-corrected chi connectivity index (χ1v) is 4.73. The summed E-state index contributed by atoms with van der Waals surface area (Å²) in [5.74, 6) is -0.454. The normalized spacial score (nSPS) is 21.3. The second-order valence-corrected chi connectivity index (χ2v) is 3.42. The molecule has 1 saturated heterocycles. The Balaban J connectivity index is 2.13. The van der Waals surface area contributed by atoms with Crippen LogP contribution in [-0.2, 0) is 4.79 Å². The molecule has 76 valence electrons. The third-order valence-corrected chi connectivity index (χ3v) is 2.26. The second kappa shape index (κ2) is 5.16. The average Bonchev–Trinajstić information content (AvgIpc) is 2.15. The minimum Gasteiger partial charge on any atom is -0.368 e. The van der Waals surface area contributed by atoms with E-state index in [4.69, 9.17) is 11.5 Å². The van der Waals surface area contributed by atoms with Gasteiger partial charge in [-0.25, -0.2) is 5.01 Å². The first kappa shape index (κ1) is 10.4. The van der Waals surface area contributed by atoms with Gasteiger partial charge in [-0.05, 0) is 12.8 Å². The van der Waals surface area contributed by atoms with Crippen LogP contribution in [-0.4, -0.2) is 36.6 Å². The molecule has 13 heavy (non-hydrogen) atoms. The largest absolute Gasteiger partial charge is 0.368 e. The topological polar surface area (TPSA) is 84.4 Å². The summed E-state index contributed by atoms with van der Waals surface area (Å²) in [5.41, 5.74) is 13.6. The van der Waals surface area contributed by atoms with Crippen molar-refractivity contribution >= 4 is 5.91 Å². The zero-order chi connectivity index (χ0) is 9.68. The highest BCUT2D eigenvalue weighted by molar-refractivity contribution is 5.79. The molecular formula is C8H18N4O. The SMILES string of the molecule is NC(=O)C(N)CNN1CCCCC1. The zero-order valence-corrected chi connectivity index (χ0v) is 7.83. The van der Waals surface area contributed by atoms with Gasteiger partial charge in [-0.15, -0.1) is 0 Å². The van der Waals surface area contributed by atoms with E-state index in [1.54, 1.807) is 0 Å². The van der Waals surface area contributed by atoms with E-state index >= 15 is 0 Å². The molecule has 1 atom stereocenters. The molecule has 0 aliphatic carbocycles. The van der Waals surface area contributed by atoms with Crippen LogP contribution in [0.2, 0.25) is 0 Å². The van der Waals surface area contributed by atoms with Crippen LogP contribution in [0, 0.1) is 0 Å². The van der Waals surface area contributed by atoms with Crippen molar-refractivity contribution < 1.29 is 4.79 Å². The van der Waals surface area contributed by atoms with Gasteiger partial charge in [-0.1, -0.05) is 6.42 Å². The molecule has 5 heteroatoms. The van der Waals surface area contributed by atoms with Crippen molar-refractivity contribution in [2.24, 2.45) is 11.5 Å². The molecule has 0 aromatic rings. The number of nitrogens with one attached hydrogen (secondary N) is 1. The average molecular weight is 186 g/mol. The molecule has 5 nitrogen and oxygen atoms in total. The van der Waals surface area contributed by atoms with E-state index in [0.717, 1.165) is 13.1 Å². The predicted octanol–water partition coefficient (Wildman–Crippen LogP) is -1.21. The van der Waals surface area contributed by atoms with Crippen molar-refractivity contribution in [1.82, 2.24) is 10.4 Å². The fraction of sp³-hybridized carbons (Fsp3) is 0.875. The third kappa shape index (κ3) is 3.71. The van der Waals surface area contributed by atoms with Crippen molar-refractivity contribution in [2.45, 2.75) is 25.3 Å². The Bertz CT molecular complexity index is 168. The second-order valence-electron chi connectivity index (χ2n) is 3.42. The van der Waals surface area contributed by atoms with Gasteiger partial charge in [0.1, 0.15) is 0 Å². The van der Waals surface area contributed by atoms with E-state index in [1.165, 1.54) is 19.3 Å². The quantitative estimate of drug-likeness (QED) is 0.514. The minimum atomic E-state index is -0.582. The number of nitrogens with zero attached hydrogens (tertiary/aromatic N) is 1. The number of hydrazine groups is 1. The Labute approximate surface area is 78.4 Å². The molecule has 1 aliphatic rings. The Morgan fingerprint density at radius 1 is 1.38 bits per heavy atom. The van der Waals surface area contributed by atoms with E-state index in [-0.39, 0.29) is 0 Å². The third-order valence-electron chi connectivity index (χ3n) is 2.26. The van der Waals surface area contributed by atoms with Gasteiger partial charge < -0.3 is 11.5 Å². The number of hydrogen-bond acceptors (Lipinski definition) is 4. The first-order valence-electron chi connectivity index (χ1n) is 4.73. The Morgan fingerprint density at radius 2 is 2.00 bits per heavy atom. The standard InChI is InChI=1S/C8H18N4O/c9-7(8(10)13)6-11-12-4-2-1-3-5-12/h7,11H,1-6,9H2,(H2,10,13). The van der Waals surface area contributed by atoms with Crippen LogP contribution in [0.4, 0.5) is 0 Å². The molecule has 1 aliphatic heterocycles. The summed E-state index contributed by atoms with van der Waals surface area (Å²) < 4.78 is 0. The molecule has 0 aromatic carbocycles.